The Kier molecular flexibility index (Phi) is 6.97. The van der Waals surface area contributed by atoms with Gasteiger partial charge in [0, 0.05) is 35.5 Å². The number of carbonyl (C=O) groups is 1. The molecule has 0 radical (unpaired) electrons. The highest BCUT2D eigenvalue weighted by Crippen LogP contribution is 2.38. The molecule has 38 heavy (non-hydrogen) atoms. The number of halogens is 3. The van der Waals surface area contributed by atoms with E-state index in [0.717, 1.165) is 23.1 Å². The molecule has 0 fully saturated rings. The number of fused-ring (bicyclic) bond motifs is 1. The van der Waals surface area contributed by atoms with Gasteiger partial charge < -0.3 is 14.5 Å². The van der Waals surface area contributed by atoms with E-state index in [-0.39, 0.29) is 18.0 Å². The first-order chi connectivity index (χ1) is 18.2. The van der Waals surface area contributed by atoms with E-state index in [2.05, 4.69) is 9.97 Å². The van der Waals surface area contributed by atoms with Crippen LogP contribution in [0.2, 0.25) is 0 Å². The summed E-state index contributed by atoms with van der Waals surface area (Å²) in [4.78, 5) is 20.3. The average Bonchev–Trinajstić information content (AvgIpc) is 3.45. The van der Waals surface area contributed by atoms with Crippen molar-refractivity contribution in [3.8, 4) is 11.5 Å². The summed E-state index contributed by atoms with van der Waals surface area (Å²) in [5, 5.41) is 0. The SMILES string of the molecule is C[C@](Oc1ccc2c(c1COc1ccc(CC(F)(F)F)cc1)CCCC2=O)(c1ccccc1)c1ncc[nH]1. The molecule has 0 bridgehead atoms. The fourth-order valence-corrected chi connectivity index (χ4v) is 4.87. The van der Waals surface area contributed by atoms with Gasteiger partial charge >= 0.3 is 6.18 Å². The molecule has 1 atom stereocenters. The number of H-pyrrole nitrogens is 1. The molecule has 0 amide bonds. The van der Waals surface area contributed by atoms with Crippen molar-refractivity contribution in [2.75, 3.05) is 0 Å². The molecule has 1 aliphatic rings. The lowest BCUT2D eigenvalue weighted by Crippen LogP contribution is -2.33. The van der Waals surface area contributed by atoms with Gasteiger partial charge in [-0.3, -0.25) is 4.79 Å². The topological polar surface area (TPSA) is 64.2 Å². The van der Waals surface area contributed by atoms with Gasteiger partial charge in [-0.1, -0.05) is 42.5 Å². The molecule has 5 rings (SSSR count). The van der Waals surface area contributed by atoms with Crippen LogP contribution in [0.1, 0.15) is 58.2 Å². The number of imidazole rings is 1. The van der Waals surface area contributed by atoms with E-state index in [4.69, 9.17) is 9.47 Å². The quantitative estimate of drug-likeness (QED) is 0.273. The van der Waals surface area contributed by atoms with Gasteiger partial charge in [-0.15, -0.1) is 0 Å². The van der Waals surface area contributed by atoms with Gasteiger partial charge in [0.15, 0.2) is 17.2 Å². The average molecular weight is 521 g/mol. The number of Topliss-reactive ketones (excluding diaryl/α,β-unsaturated/α-hetero) is 1. The third kappa shape index (κ3) is 5.44. The number of nitrogens with zero attached hydrogens (tertiary/aromatic N) is 1. The van der Waals surface area contributed by atoms with Gasteiger partial charge in [0.1, 0.15) is 18.1 Å². The van der Waals surface area contributed by atoms with E-state index in [1.807, 2.05) is 37.3 Å². The van der Waals surface area contributed by atoms with Gasteiger partial charge in [0.2, 0.25) is 0 Å². The van der Waals surface area contributed by atoms with Gasteiger partial charge in [0.05, 0.1) is 6.42 Å². The van der Waals surface area contributed by atoms with E-state index >= 15 is 0 Å². The van der Waals surface area contributed by atoms with Gasteiger partial charge in [-0.2, -0.15) is 13.2 Å². The minimum absolute atomic E-state index is 0.0763. The Balaban J connectivity index is 1.49. The van der Waals surface area contributed by atoms with Crippen molar-refractivity contribution >= 4 is 5.78 Å². The molecule has 1 N–H and O–H groups in total. The molecular weight excluding hydrogens is 493 g/mol. The maximum absolute atomic E-state index is 12.7. The van der Waals surface area contributed by atoms with Crippen molar-refractivity contribution in [3.63, 3.8) is 0 Å². The Morgan fingerprint density at radius 1 is 0.974 bits per heavy atom. The van der Waals surface area contributed by atoms with Crippen LogP contribution in [0.3, 0.4) is 0 Å². The highest BCUT2D eigenvalue weighted by Gasteiger charge is 2.36. The maximum atomic E-state index is 12.7. The van der Waals surface area contributed by atoms with Crippen LogP contribution in [0, 0.1) is 0 Å². The molecule has 1 heterocycles. The molecule has 0 saturated carbocycles. The van der Waals surface area contributed by atoms with Crippen molar-refractivity contribution in [3.05, 3.63) is 113 Å². The first-order valence-corrected chi connectivity index (χ1v) is 12.4. The number of aromatic amines is 1. The minimum atomic E-state index is -4.27. The summed E-state index contributed by atoms with van der Waals surface area (Å²) in [6.45, 7) is 2.02. The monoisotopic (exact) mass is 520 g/mol. The summed E-state index contributed by atoms with van der Waals surface area (Å²) in [5.74, 6) is 1.67. The molecule has 5 nitrogen and oxygen atoms in total. The van der Waals surface area contributed by atoms with E-state index in [1.165, 1.54) is 24.3 Å². The number of hydrogen-bond acceptors (Lipinski definition) is 4. The Morgan fingerprint density at radius 2 is 1.74 bits per heavy atom. The molecule has 3 aromatic carbocycles. The van der Waals surface area contributed by atoms with Gasteiger partial charge in [0.25, 0.3) is 0 Å². The second kappa shape index (κ2) is 10.4. The Bertz CT molecular complexity index is 1400. The van der Waals surface area contributed by atoms with Crippen LogP contribution in [0.5, 0.6) is 11.5 Å². The van der Waals surface area contributed by atoms with E-state index in [0.29, 0.717) is 35.7 Å². The van der Waals surface area contributed by atoms with Crippen LogP contribution < -0.4 is 9.47 Å². The smallest absolute Gasteiger partial charge is 0.393 e. The number of hydrogen-bond donors (Lipinski definition) is 1. The van der Waals surface area contributed by atoms with Crippen LogP contribution in [0.25, 0.3) is 0 Å². The number of ether oxygens (including phenoxy) is 2. The third-order valence-corrected chi connectivity index (χ3v) is 6.82. The number of carbonyl (C=O) groups excluding carboxylic acids is 1. The Labute approximate surface area is 218 Å². The third-order valence-electron chi connectivity index (χ3n) is 6.82. The highest BCUT2D eigenvalue weighted by atomic mass is 19.4. The van der Waals surface area contributed by atoms with Gasteiger partial charge in [-0.25, -0.2) is 4.98 Å². The summed E-state index contributed by atoms with van der Waals surface area (Å²) in [6, 6.07) is 19.2. The number of nitrogens with one attached hydrogen (secondary N) is 1. The second-order valence-electron chi connectivity index (χ2n) is 9.51. The van der Waals surface area contributed by atoms with Crippen molar-refractivity contribution in [1.82, 2.24) is 9.97 Å². The summed E-state index contributed by atoms with van der Waals surface area (Å²) in [6.07, 6.45) is 0.0407. The van der Waals surface area contributed by atoms with Crippen molar-refractivity contribution in [1.29, 1.82) is 0 Å². The fourth-order valence-electron chi connectivity index (χ4n) is 4.87. The van der Waals surface area contributed by atoms with Crippen LogP contribution in [-0.4, -0.2) is 21.9 Å². The predicted octanol–water partition coefficient (Wildman–Crippen LogP) is 6.96. The molecule has 0 aliphatic heterocycles. The molecule has 0 saturated heterocycles. The Hall–Kier alpha value is -4.07. The number of ketones is 1. The van der Waals surface area contributed by atoms with E-state index in [1.54, 1.807) is 24.5 Å². The van der Waals surface area contributed by atoms with E-state index in [9.17, 15) is 18.0 Å². The number of aromatic nitrogens is 2. The molecule has 0 unspecified atom stereocenters. The zero-order valence-corrected chi connectivity index (χ0v) is 20.8. The number of alkyl halides is 3. The number of rotatable bonds is 8. The lowest BCUT2D eigenvalue weighted by atomic mass is 9.86. The van der Waals surface area contributed by atoms with Crippen LogP contribution >= 0.6 is 0 Å². The lowest BCUT2D eigenvalue weighted by Gasteiger charge is -2.32. The molecule has 196 valence electrons. The first kappa shape index (κ1) is 25.6. The van der Waals surface area contributed by atoms with Crippen LogP contribution in [0.15, 0.2) is 79.1 Å². The fraction of sp³-hybridized carbons (Fsp3) is 0.267. The standard InChI is InChI=1S/C30H27F3N2O3/c1-29(28-34-16-17-35-28,21-6-3-2-4-7-21)38-27-15-14-24-23(8-5-9-26(24)36)25(27)19-37-22-12-10-20(11-13-22)18-30(31,32)33/h2-4,6-7,10-17H,5,8-9,18-19H2,1H3,(H,34,35)/t29-/m0/s1. The molecule has 0 spiro atoms. The molecule has 4 aromatic rings. The predicted molar refractivity (Wildman–Crippen MR) is 136 cm³/mol. The van der Waals surface area contributed by atoms with Crippen LogP contribution in [-0.2, 0) is 25.0 Å². The minimum Gasteiger partial charge on any atom is -0.489 e. The highest BCUT2D eigenvalue weighted by molar-refractivity contribution is 5.99. The summed E-state index contributed by atoms with van der Waals surface area (Å²) >= 11 is 0. The lowest BCUT2D eigenvalue weighted by molar-refractivity contribution is -0.127. The molecule has 8 heteroatoms. The molecule has 1 aromatic heterocycles. The summed E-state index contributed by atoms with van der Waals surface area (Å²) in [5.41, 5.74) is 2.35. The zero-order chi connectivity index (χ0) is 26.8. The Morgan fingerprint density at radius 3 is 2.42 bits per heavy atom. The van der Waals surface area contributed by atoms with Gasteiger partial charge in [-0.05, 0) is 55.2 Å². The molecule has 1 aliphatic carbocycles. The second-order valence-corrected chi connectivity index (χ2v) is 9.51. The zero-order valence-electron chi connectivity index (χ0n) is 20.8. The maximum Gasteiger partial charge on any atom is 0.393 e. The van der Waals surface area contributed by atoms with E-state index < -0.39 is 18.2 Å². The normalized spacial score (nSPS) is 15.0. The molecular formula is C30H27F3N2O3. The van der Waals surface area contributed by atoms with Crippen molar-refractivity contribution in [2.24, 2.45) is 0 Å². The van der Waals surface area contributed by atoms with Crippen molar-refractivity contribution < 1.29 is 27.4 Å². The number of benzene rings is 3. The van der Waals surface area contributed by atoms with Crippen LogP contribution in [0.4, 0.5) is 13.2 Å². The summed E-state index contributed by atoms with van der Waals surface area (Å²) < 4.78 is 50.9. The van der Waals surface area contributed by atoms with Crippen molar-refractivity contribution in [2.45, 2.75) is 51.0 Å². The first-order valence-electron chi connectivity index (χ1n) is 12.4. The largest absolute Gasteiger partial charge is 0.489 e. The summed E-state index contributed by atoms with van der Waals surface area (Å²) in [7, 11) is 0.